The van der Waals surface area contributed by atoms with E-state index >= 15 is 0 Å². The van der Waals surface area contributed by atoms with Gasteiger partial charge in [0.05, 0.1) is 6.26 Å². The molecule has 0 aromatic heterocycles. The van der Waals surface area contributed by atoms with E-state index in [2.05, 4.69) is 10.6 Å². The molecule has 2 saturated carbocycles. The van der Waals surface area contributed by atoms with Gasteiger partial charge in [-0.25, -0.2) is 13.2 Å². The first kappa shape index (κ1) is 16.5. The van der Waals surface area contributed by atoms with Crippen LogP contribution in [0.15, 0.2) is 0 Å². The van der Waals surface area contributed by atoms with Crippen LogP contribution in [-0.2, 0) is 10.0 Å². The van der Waals surface area contributed by atoms with Crippen LogP contribution in [0, 0.1) is 0 Å². The summed E-state index contributed by atoms with van der Waals surface area (Å²) in [6.07, 6.45) is 9.78. The van der Waals surface area contributed by atoms with Gasteiger partial charge in [0.15, 0.2) is 0 Å². The molecule has 0 spiro atoms. The van der Waals surface area contributed by atoms with Gasteiger partial charge in [-0.2, -0.15) is 4.31 Å². The zero-order chi connectivity index (χ0) is 15.3. The van der Waals surface area contributed by atoms with Gasteiger partial charge in [-0.3, -0.25) is 0 Å². The predicted molar refractivity (Wildman–Crippen MR) is 82.6 cm³/mol. The summed E-state index contributed by atoms with van der Waals surface area (Å²) in [5, 5.41) is 5.59. The maximum absolute atomic E-state index is 12.0. The first-order valence-corrected chi connectivity index (χ1v) is 9.83. The van der Waals surface area contributed by atoms with Crippen LogP contribution in [0.5, 0.6) is 0 Å². The molecule has 2 fully saturated rings. The Kier molecular flexibility index (Phi) is 5.87. The van der Waals surface area contributed by atoms with Gasteiger partial charge in [-0.05, 0) is 25.7 Å². The second-order valence-electron chi connectivity index (χ2n) is 6.19. The van der Waals surface area contributed by atoms with Gasteiger partial charge < -0.3 is 10.6 Å². The maximum atomic E-state index is 12.0. The Bertz CT molecular complexity index is 440. The number of carbonyl (C=O) groups excluding carboxylic acids is 1. The molecule has 2 aliphatic carbocycles. The Morgan fingerprint density at radius 2 is 1.71 bits per heavy atom. The summed E-state index contributed by atoms with van der Waals surface area (Å²) in [6, 6.07) is 0.223. The first-order chi connectivity index (χ1) is 9.97. The van der Waals surface area contributed by atoms with Gasteiger partial charge in [0, 0.05) is 25.2 Å². The van der Waals surface area contributed by atoms with Crippen molar-refractivity contribution in [2.45, 2.75) is 63.5 Å². The summed E-state index contributed by atoms with van der Waals surface area (Å²) in [4.78, 5) is 11.6. The molecule has 0 heterocycles. The van der Waals surface area contributed by atoms with Gasteiger partial charge in [0.2, 0.25) is 10.0 Å². The van der Waals surface area contributed by atoms with Crippen molar-refractivity contribution in [3.05, 3.63) is 0 Å². The molecule has 122 valence electrons. The number of nitrogens with zero attached hydrogens (tertiary/aromatic N) is 1. The fourth-order valence-corrected chi connectivity index (χ4v) is 4.08. The van der Waals surface area contributed by atoms with Crippen molar-refractivity contribution in [2.75, 3.05) is 19.3 Å². The van der Waals surface area contributed by atoms with Crippen LogP contribution < -0.4 is 10.6 Å². The highest BCUT2D eigenvalue weighted by atomic mass is 32.2. The number of carbonyl (C=O) groups is 1. The fourth-order valence-electron chi connectivity index (χ4n) is 2.91. The van der Waals surface area contributed by atoms with E-state index in [4.69, 9.17) is 0 Å². The monoisotopic (exact) mass is 317 g/mol. The number of hydrogen-bond donors (Lipinski definition) is 2. The molecule has 2 aliphatic rings. The van der Waals surface area contributed by atoms with Crippen LogP contribution in [0.3, 0.4) is 0 Å². The number of amides is 2. The number of sulfonamides is 1. The second-order valence-corrected chi connectivity index (χ2v) is 8.13. The zero-order valence-corrected chi connectivity index (χ0v) is 13.6. The summed E-state index contributed by atoms with van der Waals surface area (Å²) in [5.41, 5.74) is 0. The van der Waals surface area contributed by atoms with Crippen LogP contribution in [0.25, 0.3) is 0 Å². The SMILES string of the molecule is CS(=O)(=O)N(CCNC(=O)NC1CC1)C1CCCCCC1. The lowest BCUT2D eigenvalue weighted by Crippen LogP contribution is -2.46. The van der Waals surface area contributed by atoms with E-state index in [1.807, 2.05) is 0 Å². The maximum Gasteiger partial charge on any atom is 0.315 e. The number of hydrogen-bond acceptors (Lipinski definition) is 3. The quantitative estimate of drug-likeness (QED) is 0.728. The lowest BCUT2D eigenvalue weighted by atomic mass is 10.1. The van der Waals surface area contributed by atoms with Crippen LogP contribution >= 0.6 is 0 Å². The molecule has 2 rings (SSSR count). The molecule has 0 atom stereocenters. The van der Waals surface area contributed by atoms with E-state index in [-0.39, 0.29) is 12.1 Å². The minimum atomic E-state index is -3.23. The van der Waals surface area contributed by atoms with Gasteiger partial charge in [0.1, 0.15) is 0 Å². The van der Waals surface area contributed by atoms with Crippen molar-refractivity contribution in [3.63, 3.8) is 0 Å². The van der Waals surface area contributed by atoms with E-state index in [9.17, 15) is 13.2 Å². The van der Waals surface area contributed by atoms with E-state index in [1.165, 1.54) is 19.1 Å². The van der Waals surface area contributed by atoms with E-state index in [0.717, 1.165) is 38.5 Å². The van der Waals surface area contributed by atoms with E-state index in [0.29, 0.717) is 19.1 Å². The zero-order valence-electron chi connectivity index (χ0n) is 12.8. The summed E-state index contributed by atoms with van der Waals surface area (Å²) < 4.78 is 25.6. The molecule has 0 aromatic rings. The third-order valence-corrected chi connectivity index (χ3v) is 5.52. The molecule has 0 aliphatic heterocycles. The molecule has 0 radical (unpaired) electrons. The van der Waals surface area contributed by atoms with Crippen LogP contribution in [0.2, 0.25) is 0 Å². The third kappa shape index (κ3) is 5.82. The van der Waals surface area contributed by atoms with Crippen molar-refractivity contribution in [1.29, 1.82) is 0 Å². The Morgan fingerprint density at radius 1 is 1.10 bits per heavy atom. The van der Waals surface area contributed by atoms with Crippen LogP contribution in [-0.4, -0.2) is 50.2 Å². The Labute approximate surface area is 127 Å². The minimum absolute atomic E-state index is 0.0933. The van der Waals surface area contributed by atoms with Gasteiger partial charge >= 0.3 is 6.03 Å². The van der Waals surface area contributed by atoms with Crippen molar-refractivity contribution >= 4 is 16.1 Å². The molecule has 21 heavy (non-hydrogen) atoms. The smallest absolute Gasteiger partial charge is 0.315 e. The molecule has 2 amide bonds. The highest BCUT2D eigenvalue weighted by Crippen LogP contribution is 2.23. The fraction of sp³-hybridized carbons (Fsp3) is 0.929. The molecule has 0 bridgehead atoms. The molecule has 0 saturated heterocycles. The van der Waals surface area contributed by atoms with Crippen molar-refractivity contribution in [2.24, 2.45) is 0 Å². The molecule has 7 heteroatoms. The van der Waals surface area contributed by atoms with Crippen molar-refractivity contribution in [1.82, 2.24) is 14.9 Å². The summed E-state index contributed by atoms with van der Waals surface area (Å²) in [7, 11) is -3.23. The number of rotatable bonds is 6. The molecule has 6 nitrogen and oxygen atoms in total. The lowest BCUT2D eigenvalue weighted by Gasteiger charge is -2.29. The Hall–Kier alpha value is -0.820. The topological polar surface area (TPSA) is 78.5 Å². The highest BCUT2D eigenvalue weighted by molar-refractivity contribution is 7.88. The standard InChI is InChI=1S/C14H27N3O3S/c1-21(19,20)17(13-6-4-2-3-5-7-13)11-10-15-14(18)16-12-8-9-12/h12-13H,2-11H2,1H3,(H2,15,16,18). The van der Waals surface area contributed by atoms with E-state index in [1.54, 1.807) is 4.31 Å². The molecule has 0 unspecified atom stereocenters. The number of urea groups is 1. The van der Waals surface area contributed by atoms with Crippen LogP contribution in [0.1, 0.15) is 51.4 Å². The summed E-state index contributed by atoms with van der Waals surface area (Å²) in [6.45, 7) is 0.726. The van der Waals surface area contributed by atoms with E-state index < -0.39 is 10.0 Å². The van der Waals surface area contributed by atoms with Crippen molar-refractivity contribution < 1.29 is 13.2 Å². The Morgan fingerprint density at radius 3 is 2.24 bits per heavy atom. The van der Waals surface area contributed by atoms with Crippen LogP contribution in [0.4, 0.5) is 4.79 Å². The average Bonchev–Trinajstić information content (AvgIpc) is 3.20. The summed E-state index contributed by atoms with van der Waals surface area (Å²) >= 11 is 0. The summed E-state index contributed by atoms with van der Waals surface area (Å²) in [5.74, 6) is 0. The largest absolute Gasteiger partial charge is 0.337 e. The molecular formula is C14H27N3O3S. The van der Waals surface area contributed by atoms with Gasteiger partial charge in [-0.1, -0.05) is 25.7 Å². The predicted octanol–water partition coefficient (Wildman–Crippen LogP) is 1.43. The highest BCUT2D eigenvalue weighted by Gasteiger charge is 2.27. The number of nitrogens with one attached hydrogen (secondary N) is 2. The molecule has 2 N–H and O–H groups in total. The average molecular weight is 317 g/mol. The normalized spacial score (nSPS) is 21.0. The van der Waals surface area contributed by atoms with Gasteiger partial charge in [-0.15, -0.1) is 0 Å². The van der Waals surface area contributed by atoms with Gasteiger partial charge in [0.25, 0.3) is 0 Å². The lowest BCUT2D eigenvalue weighted by molar-refractivity contribution is 0.237. The Balaban J connectivity index is 1.82. The molecule has 0 aromatic carbocycles. The first-order valence-electron chi connectivity index (χ1n) is 7.98. The minimum Gasteiger partial charge on any atom is -0.337 e. The van der Waals surface area contributed by atoms with Crippen molar-refractivity contribution in [3.8, 4) is 0 Å². The third-order valence-electron chi connectivity index (χ3n) is 4.19. The second kappa shape index (κ2) is 7.45. The molecular weight excluding hydrogens is 290 g/mol.